The Kier molecular flexibility index (Phi) is 3.80. The van der Waals surface area contributed by atoms with Crippen LogP contribution in [-0.2, 0) is 22.4 Å². The molecule has 0 saturated heterocycles. The van der Waals surface area contributed by atoms with E-state index in [1.54, 1.807) is 6.07 Å². The summed E-state index contributed by atoms with van der Waals surface area (Å²) in [6.45, 7) is 0. The van der Waals surface area contributed by atoms with Crippen molar-refractivity contribution in [1.82, 2.24) is 4.90 Å². The zero-order chi connectivity index (χ0) is 17.4. The molecule has 0 spiro atoms. The summed E-state index contributed by atoms with van der Waals surface area (Å²) >= 11 is 0. The summed E-state index contributed by atoms with van der Waals surface area (Å²) in [7, 11) is 0. The van der Waals surface area contributed by atoms with Crippen molar-refractivity contribution in [3.8, 4) is 0 Å². The highest BCUT2D eigenvalue weighted by Crippen LogP contribution is 2.37. The number of aryl methyl sites for hydroxylation is 1. The van der Waals surface area contributed by atoms with E-state index in [9.17, 15) is 14.4 Å². The van der Waals surface area contributed by atoms with Crippen LogP contribution < -0.4 is 0 Å². The first-order valence-electron chi connectivity index (χ1n) is 8.38. The van der Waals surface area contributed by atoms with Crippen LogP contribution in [0.25, 0.3) is 0 Å². The van der Waals surface area contributed by atoms with Gasteiger partial charge in [-0.3, -0.25) is 19.3 Å². The van der Waals surface area contributed by atoms with Crippen molar-refractivity contribution >= 4 is 17.6 Å². The third-order valence-electron chi connectivity index (χ3n) is 4.87. The maximum absolute atomic E-state index is 12.5. The molecule has 0 N–H and O–H groups in total. The minimum Gasteiger partial charge on any atom is -0.294 e. The fourth-order valence-corrected chi connectivity index (χ4v) is 3.64. The van der Waals surface area contributed by atoms with E-state index in [1.807, 2.05) is 42.5 Å². The summed E-state index contributed by atoms with van der Waals surface area (Å²) in [5, 5.41) is 0. The number of fused-ring (bicyclic) bond motifs is 1. The number of rotatable bonds is 4. The van der Waals surface area contributed by atoms with Crippen LogP contribution in [0.1, 0.15) is 39.5 Å². The van der Waals surface area contributed by atoms with Gasteiger partial charge in [-0.1, -0.05) is 42.5 Å². The number of carbonyl (C=O) groups is 3. The number of amides is 2. The van der Waals surface area contributed by atoms with Gasteiger partial charge in [0, 0.05) is 24.1 Å². The van der Waals surface area contributed by atoms with Gasteiger partial charge >= 0.3 is 0 Å². The molecule has 2 aromatic carbocycles. The second-order valence-corrected chi connectivity index (χ2v) is 6.43. The lowest BCUT2D eigenvalue weighted by Crippen LogP contribution is -2.33. The van der Waals surface area contributed by atoms with Gasteiger partial charge in [0.15, 0.2) is 5.78 Å². The highest BCUT2D eigenvalue weighted by atomic mass is 16.2. The van der Waals surface area contributed by atoms with Crippen LogP contribution in [-0.4, -0.2) is 22.5 Å². The molecular weight excluding hydrogens is 314 g/mol. The van der Waals surface area contributed by atoms with Gasteiger partial charge in [0.25, 0.3) is 11.8 Å². The van der Waals surface area contributed by atoms with Crippen molar-refractivity contribution in [3.05, 3.63) is 82.9 Å². The topological polar surface area (TPSA) is 54.5 Å². The number of carbonyl (C=O) groups excluding carboxylic acids is 3. The van der Waals surface area contributed by atoms with E-state index >= 15 is 0 Å². The SMILES string of the molecule is O=C(Cc1ccccc1)c1ccc2c(c1)CC[C@@H]2N1C(=O)C=CC1=O. The smallest absolute Gasteiger partial charge is 0.254 e. The van der Waals surface area contributed by atoms with Gasteiger partial charge < -0.3 is 0 Å². The van der Waals surface area contributed by atoms with Crippen LogP contribution in [0, 0.1) is 0 Å². The minimum atomic E-state index is -0.257. The van der Waals surface area contributed by atoms with Crippen molar-refractivity contribution in [2.24, 2.45) is 0 Å². The normalized spacial score (nSPS) is 18.7. The summed E-state index contributed by atoms with van der Waals surface area (Å²) in [6, 6.07) is 15.1. The average Bonchev–Trinajstić information content (AvgIpc) is 3.18. The van der Waals surface area contributed by atoms with Crippen molar-refractivity contribution in [2.75, 3.05) is 0 Å². The van der Waals surface area contributed by atoms with Crippen molar-refractivity contribution in [1.29, 1.82) is 0 Å². The summed E-state index contributed by atoms with van der Waals surface area (Å²) in [4.78, 5) is 37.7. The van der Waals surface area contributed by atoms with E-state index in [-0.39, 0.29) is 23.6 Å². The molecule has 1 aliphatic carbocycles. The number of benzene rings is 2. The molecule has 2 amide bonds. The molecule has 0 bridgehead atoms. The minimum absolute atomic E-state index is 0.0763. The molecule has 0 saturated carbocycles. The number of ketones is 1. The Morgan fingerprint density at radius 1 is 1.00 bits per heavy atom. The monoisotopic (exact) mass is 331 g/mol. The number of nitrogens with zero attached hydrogens (tertiary/aromatic N) is 1. The number of hydrogen-bond acceptors (Lipinski definition) is 3. The largest absolute Gasteiger partial charge is 0.294 e. The molecule has 1 atom stereocenters. The molecule has 2 aliphatic rings. The zero-order valence-corrected chi connectivity index (χ0v) is 13.6. The standard InChI is InChI=1S/C21H17NO3/c23-19(12-14-4-2-1-3-5-14)16-6-8-17-15(13-16)7-9-18(17)22-20(24)10-11-21(22)25/h1-6,8,10-11,13,18H,7,9,12H2/t18-/m0/s1. The molecule has 25 heavy (non-hydrogen) atoms. The molecule has 0 aromatic heterocycles. The predicted molar refractivity (Wildman–Crippen MR) is 93.0 cm³/mol. The predicted octanol–water partition coefficient (Wildman–Crippen LogP) is 3.02. The lowest BCUT2D eigenvalue weighted by Gasteiger charge is -2.22. The van der Waals surface area contributed by atoms with Gasteiger partial charge in [0.05, 0.1) is 6.04 Å². The van der Waals surface area contributed by atoms with E-state index in [0.717, 1.165) is 23.1 Å². The second kappa shape index (κ2) is 6.13. The molecule has 4 nitrogen and oxygen atoms in total. The Balaban J connectivity index is 1.56. The molecule has 2 aromatic rings. The Bertz CT molecular complexity index is 881. The zero-order valence-electron chi connectivity index (χ0n) is 13.6. The molecular formula is C21H17NO3. The van der Waals surface area contributed by atoms with Crippen LogP contribution >= 0.6 is 0 Å². The molecule has 0 fully saturated rings. The Hall–Kier alpha value is -3.01. The fourth-order valence-electron chi connectivity index (χ4n) is 3.64. The molecule has 1 heterocycles. The van der Waals surface area contributed by atoms with Crippen LogP contribution in [0.2, 0.25) is 0 Å². The van der Waals surface area contributed by atoms with Gasteiger partial charge in [0.1, 0.15) is 0 Å². The van der Waals surface area contributed by atoms with Crippen LogP contribution in [0.5, 0.6) is 0 Å². The summed E-state index contributed by atoms with van der Waals surface area (Å²) in [5.74, 6) is -0.438. The van der Waals surface area contributed by atoms with E-state index in [2.05, 4.69) is 0 Å². The first kappa shape index (κ1) is 15.5. The highest BCUT2D eigenvalue weighted by Gasteiger charge is 2.36. The van der Waals surface area contributed by atoms with Gasteiger partial charge in [-0.2, -0.15) is 0 Å². The third kappa shape index (κ3) is 2.80. The van der Waals surface area contributed by atoms with Crippen molar-refractivity contribution < 1.29 is 14.4 Å². The molecule has 4 heteroatoms. The molecule has 0 unspecified atom stereocenters. The molecule has 0 radical (unpaired) electrons. The van der Waals surface area contributed by atoms with Crippen molar-refractivity contribution in [3.63, 3.8) is 0 Å². The maximum atomic E-state index is 12.5. The van der Waals surface area contributed by atoms with Gasteiger partial charge in [-0.25, -0.2) is 0 Å². The highest BCUT2D eigenvalue weighted by molar-refractivity contribution is 6.13. The van der Waals surface area contributed by atoms with E-state index in [0.29, 0.717) is 18.4 Å². The second-order valence-electron chi connectivity index (χ2n) is 6.43. The van der Waals surface area contributed by atoms with Crippen LogP contribution in [0.15, 0.2) is 60.7 Å². The van der Waals surface area contributed by atoms with Gasteiger partial charge in [0.2, 0.25) is 0 Å². The summed E-state index contributed by atoms with van der Waals surface area (Å²) in [5.41, 5.74) is 3.70. The van der Waals surface area contributed by atoms with Gasteiger partial charge in [-0.15, -0.1) is 0 Å². The first-order chi connectivity index (χ1) is 12.1. The third-order valence-corrected chi connectivity index (χ3v) is 4.87. The lowest BCUT2D eigenvalue weighted by molar-refractivity contribution is -0.139. The number of Topliss-reactive ketones (excluding diaryl/α,β-unsaturated/α-hetero) is 1. The van der Waals surface area contributed by atoms with Crippen molar-refractivity contribution in [2.45, 2.75) is 25.3 Å². The Morgan fingerprint density at radius 3 is 2.44 bits per heavy atom. The molecule has 4 rings (SSSR count). The maximum Gasteiger partial charge on any atom is 0.254 e. The van der Waals surface area contributed by atoms with E-state index in [4.69, 9.17) is 0 Å². The first-order valence-corrected chi connectivity index (χ1v) is 8.38. The van der Waals surface area contributed by atoms with E-state index in [1.165, 1.54) is 17.1 Å². The van der Waals surface area contributed by atoms with Crippen LogP contribution in [0.4, 0.5) is 0 Å². The summed E-state index contributed by atoms with van der Waals surface area (Å²) in [6.07, 6.45) is 4.49. The van der Waals surface area contributed by atoms with E-state index < -0.39 is 0 Å². The Labute approximate surface area is 145 Å². The quantitative estimate of drug-likeness (QED) is 0.639. The summed E-state index contributed by atoms with van der Waals surface area (Å²) < 4.78 is 0. The van der Waals surface area contributed by atoms with Crippen LogP contribution in [0.3, 0.4) is 0 Å². The average molecular weight is 331 g/mol. The number of hydrogen-bond donors (Lipinski definition) is 0. The molecule has 1 aliphatic heterocycles. The number of imide groups is 1. The van der Waals surface area contributed by atoms with Gasteiger partial charge in [-0.05, 0) is 35.6 Å². The molecule has 124 valence electrons. The fraction of sp³-hybridized carbons (Fsp3) is 0.190. The lowest BCUT2D eigenvalue weighted by atomic mass is 9.98. The Morgan fingerprint density at radius 2 is 1.72 bits per heavy atom.